The number of aromatic nitrogens is 1. The van der Waals surface area contributed by atoms with Crippen molar-refractivity contribution in [2.24, 2.45) is 14.6 Å². The van der Waals surface area contributed by atoms with Gasteiger partial charge < -0.3 is 9.64 Å². The maximum atomic E-state index is 13.0. The van der Waals surface area contributed by atoms with Crippen molar-refractivity contribution in [1.29, 1.82) is 0 Å². The molecule has 0 fully saturated rings. The lowest BCUT2D eigenvalue weighted by atomic mass is 10.2. The number of benzene rings is 1. The number of hydrogen-bond donors (Lipinski definition) is 0. The largest absolute Gasteiger partial charge is 0.494 e. The molecule has 0 saturated carbocycles. The van der Waals surface area contributed by atoms with E-state index in [2.05, 4.69) is 55.8 Å². The summed E-state index contributed by atoms with van der Waals surface area (Å²) in [7, 11) is -0.247. The number of hydrogen-bond acceptors (Lipinski definition) is 8. The van der Waals surface area contributed by atoms with E-state index in [0.29, 0.717) is 20.4 Å². The van der Waals surface area contributed by atoms with E-state index in [1.807, 2.05) is 0 Å². The van der Waals surface area contributed by atoms with E-state index < -0.39 is 15.8 Å². The number of pyridine rings is 1. The van der Waals surface area contributed by atoms with Crippen molar-refractivity contribution in [3.63, 3.8) is 0 Å². The van der Waals surface area contributed by atoms with E-state index in [0.717, 1.165) is 0 Å². The molecule has 14 heteroatoms. The van der Waals surface area contributed by atoms with Gasteiger partial charge in [-0.05, 0) is 48.5 Å². The predicted octanol–water partition coefficient (Wildman–Crippen LogP) is 6.23. The Morgan fingerprint density at radius 3 is 2.38 bits per heavy atom. The Labute approximate surface area is 181 Å². The van der Waals surface area contributed by atoms with Gasteiger partial charge in [-0.2, -0.15) is 13.1 Å². The zero-order chi connectivity index (χ0) is 21.8. The summed E-state index contributed by atoms with van der Waals surface area (Å²) in [6.07, 6.45) is 1.47. The zero-order valence-electron chi connectivity index (χ0n) is 15.1. The van der Waals surface area contributed by atoms with Crippen LogP contribution < -0.4 is 9.64 Å². The quantitative estimate of drug-likeness (QED) is 0.374. The van der Waals surface area contributed by atoms with Crippen LogP contribution in [0.15, 0.2) is 47.9 Å². The number of azo groups is 1. The second-order valence-corrected chi connectivity index (χ2v) is 8.96. The van der Waals surface area contributed by atoms with Crippen LogP contribution in [-0.2, 0) is 14.4 Å². The van der Waals surface area contributed by atoms with Crippen molar-refractivity contribution in [2.75, 3.05) is 26.1 Å². The summed E-state index contributed by atoms with van der Waals surface area (Å²) in [4.78, 5) is 5.63. The summed E-state index contributed by atoms with van der Waals surface area (Å²) in [6, 6.07) is 4.25. The molecule has 0 spiro atoms. The van der Waals surface area contributed by atoms with Crippen molar-refractivity contribution in [3.8, 4) is 5.75 Å². The number of alkyl halides is 2. The Morgan fingerprint density at radius 2 is 1.86 bits per heavy atom. The molecule has 2 aromatic rings. The first kappa shape index (κ1) is 23.5. The van der Waals surface area contributed by atoms with E-state index in [4.69, 9.17) is 4.74 Å². The van der Waals surface area contributed by atoms with Gasteiger partial charge in [0.1, 0.15) is 17.1 Å². The molecule has 1 aromatic carbocycles. The van der Waals surface area contributed by atoms with Gasteiger partial charge in [-0.1, -0.05) is 4.39 Å². The standard InChI is InChI=1S/C15H14Br2F3N5O3S/c1-25(2)12-5-11(24-29(26,28-20)15(18)19)10(6-13(12)27-3)22-23-14-9(17)4-8(16)7-21-14/h4-7,15H,1-3H3. The summed E-state index contributed by atoms with van der Waals surface area (Å²) in [5.74, 6) is -3.22. The molecule has 29 heavy (non-hydrogen) atoms. The summed E-state index contributed by atoms with van der Waals surface area (Å²) in [5, 5.41) is 7.86. The van der Waals surface area contributed by atoms with Crippen LogP contribution in [0.4, 0.5) is 36.2 Å². The normalized spacial score (nSPS) is 13.6. The van der Waals surface area contributed by atoms with Gasteiger partial charge in [0.2, 0.25) is 0 Å². The number of methoxy groups -OCH3 is 1. The molecular formula is C15H14Br2F3N5O3S. The van der Waals surface area contributed by atoms with Crippen LogP contribution in [0.2, 0.25) is 0 Å². The predicted molar refractivity (Wildman–Crippen MR) is 110 cm³/mol. The Kier molecular flexibility index (Phi) is 7.96. The van der Waals surface area contributed by atoms with Crippen LogP contribution in [0.25, 0.3) is 0 Å². The fourth-order valence-electron chi connectivity index (χ4n) is 2.01. The highest BCUT2D eigenvalue weighted by atomic mass is 79.9. The van der Waals surface area contributed by atoms with Gasteiger partial charge in [0.25, 0.3) is 10.0 Å². The van der Waals surface area contributed by atoms with Gasteiger partial charge in [-0.15, -0.1) is 10.2 Å². The van der Waals surface area contributed by atoms with Crippen molar-refractivity contribution in [1.82, 2.24) is 4.98 Å². The van der Waals surface area contributed by atoms with Crippen LogP contribution >= 0.6 is 31.9 Å². The Hall–Kier alpha value is -1.77. The number of anilines is 1. The third kappa shape index (κ3) is 5.65. The molecule has 158 valence electrons. The van der Waals surface area contributed by atoms with Crippen LogP contribution in [-0.4, -0.2) is 36.2 Å². The third-order valence-electron chi connectivity index (χ3n) is 3.34. The van der Waals surface area contributed by atoms with E-state index >= 15 is 0 Å². The molecule has 8 nitrogen and oxygen atoms in total. The highest BCUT2D eigenvalue weighted by Crippen LogP contribution is 2.41. The van der Waals surface area contributed by atoms with Crippen molar-refractivity contribution < 1.29 is 26.6 Å². The monoisotopic (exact) mass is 559 g/mol. The third-order valence-corrected chi connectivity index (χ3v) is 5.44. The number of ether oxygens (including phenoxy) is 1. The van der Waals surface area contributed by atoms with E-state index in [1.54, 1.807) is 25.1 Å². The second-order valence-electron chi connectivity index (χ2n) is 5.50. The maximum absolute atomic E-state index is 13.0. The SMILES string of the molecule is COc1cc(N=Nc2ncc(Br)cc2Br)c(N=S(=O)(OF)C(F)F)cc1N(C)C. The van der Waals surface area contributed by atoms with Gasteiger partial charge in [0.05, 0.1) is 17.3 Å². The van der Waals surface area contributed by atoms with E-state index in [-0.39, 0.29) is 17.2 Å². The topological polar surface area (TPSA) is 88.7 Å². The molecule has 0 saturated heterocycles. The van der Waals surface area contributed by atoms with Gasteiger partial charge in [0.15, 0.2) is 5.82 Å². The van der Waals surface area contributed by atoms with Crippen LogP contribution in [0.1, 0.15) is 0 Å². The van der Waals surface area contributed by atoms with Crippen molar-refractivity contribution in [2.45, 2.75) is 5.76 Å². The Morgan fingerprint density at radius 1 is 1.17 bits per heavy atom. The second kappa shape index (κ2) is 9.82. The fraction of sp³-hybridized carbons (Fsp3) is 0.267. The van der Waals surface area contributed by atoms with E-state index in [1.165, 1.54) is 25.4 Å². The van der Waals surface area contributed by atoms with Gasteiger partial charge >= 0.3 is 5.76 Å². The first-order valence-corrected chi connectivity index (χ1v) is 10.7. The van der Waals surface area contributed by atoms with Crippen molar-refractivity contribution in [3.05, 3.63) is 33.3 Å². The van der Waals surface area contributed by atoms with Crippen LogP contribution in [0.3, 0.4) is 0 Å². The molecule has 0 aliphatic carbocycles. The highest BCUT2D eigenvalue weighted by Gasteiger charge is 2.26. The summed E-state index contributed by atoms with van der Waals surface area (Å²) >= 11 is 6.51. The number of nitrogens with zero attached hydrogens (tertiary/aromatic N) is 5. The van der Waals surface area contributed by atoms with Gasteiger partial charge in [-0.3, -0.25) is 0 Å². The van der Waals surface area contributed by atoms with E-state index in [9.17, 15) is 17.5 Å². The average molecular weight is 561 g/mol. The minimum atomic E-state index is -4.94. The molecule has 0 aliphatic heterocycles. The molecule has 0 bridgehead atoms. The molecule has 0 amide bonds. The molecule has 1 aromatic heterocycles. The van der Waals surface area contributed by atoms with Crippen LogP contribution in [0, 0.1) is 0 Å². The molecule has 0 N–H and O–H groups in total. The highest BCUT2D eigenvalue weighted by molar-refractivity contribution is 9.11. The summed E-state index contributed by atoms with van der Waals surface area (Å²) in [6.45, 7) is 0. The Bertz CT molecular complexity index is 1050. The first-order valence-electron chi connectivity index (χ1n) is 7.57. The molecule has 1 atom stereocenters. The molecule has 0 aliphatic rings. The van der Waals surface area contributed by atoms with Crippen LogP contribution in [0.5, 0.6) is 5.75 Å². The lowest BCUT2D eigenvalue weighted by molar-refractivity contribution is -0.000950. The zero-order valence-corrected chi connectivity index (χ0v) is 19.1. The lowest BCUT2D eigenvalue weighted by Crippen LogP contribution is -2.11. The molecule has 2 rings (SSSR count). The lowest BCUT2D eigenvalue weighted by Gasteiger charge is -2.18. The fourth-order valence-corrected chi connectivity index (χ4v) is 3.66. The minimum Gasteiger partial charge on any atom is -0.494 e. The van der Waals surface area contributed by atoms with Gasteiger partial charge in [0, 0.05) is 30.8 Å². The average Bonchev–Trinajstić information content (AvgIpc) is 2.67. The first-order chi connectivity index (χ1) is 13.6. The molecule has 1 heterocycles. The molecule has 0 radical (unpaired) electrons. The smallest absolute Gasteiger partial charge is 0.345 e. The number of halogens is 5. The Balaban J connectivity index is 2.70. The van der Waals surface area contributed by atoms with Gasteiger partial charge in [-0.25, -0.2) is 9.19 Å². The minimum absolute atomic E-state index is 0.116. The summed E-state index contributed by atoms with van der Waals surface area (Å²) in [5.41, 5.74) is -0.0630. The number of rotatable bonds is 7. The molecular weight excluding hydrogens is 547 g/mol. The molecule has 1 unspecified atom stereocenters. The summed E-state index contributed by atoms with van der Waals surface area (Å²) < 4.78 is 63.2. The maximum Gasteiger partial charge on any atom is 0.345 e. The van der Waals surface area contributed by atoms with Crippen molar-refractivity contribution >= 4 is 64.7 Å².